The third kappa shape index (κ3) is 5.08. The van der Waals surface area contributed by atoms with Gasteiger partial charge >= 0.3 is 0 Å². The smallest absolute Gasteiger partial charge is 0.240 e. The number of aromatic nitrogens is 2. The van der Waals surface area contributed by atoms with Crippen LogP contribution in [-0.2, 0) is 22.6 Å². The topological polar surface area (TPSA) is 76.0 Å². The van der Waals surface area contributed by atoms with Crippen molar-refractivity contribution in [2.75, 3.05) is 13.1 Å². The molecule has 0 unspecified atom stereocenters. The van der Waals surface area contributed by atoms with Crippen LogP contribution in [0.5, 0.6) is 0 Å². The van der Waals surface area contributed by atoms with Crippen molar-refractivity contribution in [2.45, 2.75) is 46.1 Å². The molecule has 0 saturated carbocycles. The molecular formula is C18H26N4O2. The van der Waals surface area contributed by atoms with Gasteiger partial charge in [-0.15, -0.1) is 0 Å². The van der Waals surface area contributed by atoms with Crippen molar-refractivity contribution in [2.24, 2.45) is 0 Å². The van der Waals surface area contributed by atoms with E-state index in [0.29, 0.717) is 13.1 Å². The molecule has 0 aliphatic heterocycles. The molecule has 0 bridgehead atoms. The fraction of sp³-hybridized carbons (Fsp3) is 0.500. The molecule has 0 radical (unpaired) electrons. The summed E-state index contributed by atoms with van der Waals surface area (Å²) < 4.78 is 1.98. The number of rotatable bonds is 9. The van der Waals surface area contributed by atoms with E-state index in [1.54, 1.807) is 0 Å². The van der Waals surface area contributed by atoms with Gasteiger partial charge in [0, 0.05) is 26.4 Å². The summed E-state index contributed by atoms with van der Waals surface area (Å²) in [7, 11) is 0. The van der Waals surface area contributed by atoms with E-state index in [-0.39, 0.29) is 18.4 Å². The van der Waals surface area contributed by atoms with Crippen molar-refractivity contribution in [3.8, 4) is 0 Å². The summed E-state index contributed by atoms with van der Waals surface area (Å²) in [6, 6.07) is 7.84. The number of fused-ring (bicyclic) bond motifs is 1. The van der Waals surface area contributed by atoms with Gasteiger partial charge in [0.2, 0.25) is 11.8 Å². The Balaban J connectivity index is 2.08. The molecule has 24 heavy (non-hydrogen) atoms. The summed E-state index contributed by atoms with van der Waals surface area (Å²) >= 11 is 0. The lowest BCUT2D eigenvalue weighted by Crippen LogP contribution is -2.29. The lowest BCUT2D eigenvalue weighted by atomic mass is 10.3. The Kier molecular flexibility index (Phi) is 6.78. The van der Waals surface area contributed by atoms with E-state index < -0.39 is 0 Å². The first kappa shape index (κ1) is 18.0. The maximum absolute atomic E-state index is 12.2. The van der Waals surface area contributed by atoms with Crippen LogP contribution in [-0.4, -0.2) is 34.5 Å². The predicted octanol–water partition coefficient (Wildman–Crippen LogP) is 2.02. The summed E-state index contributed by atoms with van der Waals surface area (Å²) in [5, 5.41) is 5.74. The highest BCUT2D eigenvalue weighted by Crippen LogP contribution is 2.17. The SMILES string of the molecule is CCCCNC(=O)Cn1c(CCCNC(C)=O)nc2ccccc21. The predicted molar refractivity (Wildman–Crippen MR) is 94.7 cm³/mol. The number of unbranched alkanes of at least 4 members (excludes halogenated alkanes) is 1. The second-order valence-electron chi connectivity index (χ2n) is 5.89. The Hall–Kier alpha value is -2.37. The van der Waals surface area contributed by atoms with Crippen molar-refractivity contribution in [1.29, 1.82) is 0 Å². The molecule has 0 atom stereocenters. The largest absolute Gasteiger partial charge is 0.356 e. The molecule has 6 heteroatoms. The molecule has 2 N–H and O–H groups in total. The van der Waals surface area contributed by atoms with Crippen LogP contribution in [0.3, 0.4) is 0 Å². The Bertz CT molecular complexity index is 693. The molecular weight excluding hydrogens is 304 g/mol. The maximum atomic E-state index is 12.2. The number of imidazole rings is 1. The zero-order valence-corrected chi connectivity index (χ0v) is 14.5. The van der Waals surface area contributed by atoms with E-state index in [1.807, 2.05) is 28.8 Å². The summed E-state index contributed by atoms with van der Waals surface area (Å²) in [4.78, 5) is 27.8. The van der Waals surface area contributed by atoms with Crippen LogP contribution >= 0.6 is 0 Å². The maximum Gasteiger partial charge on any atom is 0.240 e. The van der Waals surface area contributed by atoms with E-state index >= 15 is 0 Å². The summed E-state index contributed by atoms with van der Waals surface area (Å²) in [5.74, 6) is 0.862. The average molecular weight is 330 g/mol. The van der Waals surface area contributed by atoms with Crippen LogP contribution in [0.2, 0.25) is 0 Å². The molecule has 6 nitrogen and oxygen atoms in total. The molecule has 2 amide bonds. The van der Waals surface area contributed by atoms with Gasteiger partial charge in [-0.1, -0.05) is 25.5 Å². The standard InChI is InChI=1S/C18H26N4O2/c1-3-4-11-20-18(24)13-22-16-9-6-5-8-15(16)21-17(22)10-7-12-19-14(2)23/h5-6,8-9H,3-4,7,10-13H2,1-2H3,(H,19,23)(H,20,24). The third-order valence-electron chi connectivity index (χ3n) is 3.84. The van der Waals surface area contributed by atoms with Crippen molar-refractivity contribution < 1.29 is 9.59 Å². The molecule has 0 fully saturated rings. The number of benzene rings is 1. The number of aryl methyl sites for hydroxylation is 1. The normalized spacial score (nSPS) is 10.8. The van der Waals surface area contributed by atoms with E-state index in [2.05, 4.69) is 22.5 Å². The third-order valence-corrected chi connectivity index (χ3v) is 3.84. The van der Waals surface area contributed by atoms with E-state index in [9.17, 15) is 9.59 Å². The van der Waals surface area contributed by atoms with Crippen LogP contribution in [0.1, 0.15) is 38.9 Å². The lowest BCUT2D eigenvalue weighted by molar-refractivity contribution is -0.121. The number of amides is 2. The highest BCUT2D eigenvalue weighted by Gasteiger charge is 2.13. The zero-order chi connectivity index (χ0) is 17.4. The van der Waals surface area contributed by atoms with Gasteiger partial charge in [0.15, 0.2) is 0 Å². The first-order valence-corrected chi connectivity index (χ1v) is 8.57. The van der Waals surface area contributed by atoms with Crippen molar-refractivity contribution in [3.05, 3.63) is 30.1 Å². The van der Waals surface area contributed by atoms with Gasteiger partial charge in [0.05, 0.1) is 11.0 Å². The van der Waals surface area contributed by atoms with Crippen LogP contribution in [0.15, 0.2) is 24.3 Å². The number of para-hydroxylation sites is 2. The molecule has 0 aliphatic rings. The van der Waals surface area contributed by atoms with E-state index in [4.69, 9.17) is 0 Å². The second kappa shape index (κ2) is 9.05. The molecule has 1 heterocycles. The minimum Gasteiger partial charge on any atom is -0.356 e. The highest BCUT2D eigenvalue weighted by molar-refractivity contribution is 5.81. The Morgan fingerprint density at radius 3 is 2.62 bits per heavy atom. The number of nitrogens with zero attached hydrogens (tertiary/aromatic N) is 2. The van der Waals surface area contributed by atoms with Crippen molar-refractivity contribution >= 4 is 22.8 Å². The monoisotopic (exact) mass is 330 g/mol. The first-order valence-electron chi connectivity index (χ1n) is 8.57. The highest BCUT2D eigenvalue weighted by atomic mass is 16.2. The lowest BCUT2D eigenvalue weighted by Gasteiger charge is -2.10. The number of hydrogen-bond donors (Lipinski definition) is 2. The fourth-order valence-electron chi connectivity index (χ4n) is 2.61. The van der Waals surface area contributed by atoms with Gasteiger partial charge < -0.3 is 15.2 Å². The minimum absolute atomic E-state index is 0.00899. The summed E-state index contributed by atoms with van der Waals surface area (Å²) in [5.41, 5.74) is 1.87. The molecule has 2 rings (SSSR count). The number of hydrogen-bond acceptors (Lipinski definition) is 3. The number of carbonyl (C=O) groups is 2. The summed E-state index contributed by atoms with van der Waals surface area (Å²) in [6.07, 6.45) is 3.56. The van der Waals surface area contributed by atoms with Crippen molar-refractivity contribution in [1.82, 2.24) is 20.2 Å². The fourth-order valence-corrected chi connectivity index (χ4v) is 2.61. The zero-order valence-electron chi connectivity index (χ0n) is 14.5. The van der Waals surface area contributed by atoms with Crippen LogP contribution < -0.4 is 10.6 Å². The number of nitrogens with one attached hydrogen (secondary N) is 2. The first-order chi connectivity index (χ1) is 11.6. The molecule has 0 spiro atoms. The molecule has 2 aromatic rings. The van der Waals surface area contributed by atoms with Gasteiger partial charge in [0.1, 0.15) is 12.4 Å². The van der Waals surface area contributed by atoms with Crippen LogP contribution in [0, 0.1) is 0 Å². The average Bonchev–Trinajstić information content (AvgIpc) is 2.89. The van der Waals surface area contributed by atoms with Gasteiger partial charge in [-0.25, -0.2) is 4.98 Å². The minimum atomic E-state index is -0.0289. The summed E-state index contributed by atoms with van der Waals surface area (Å²) in [6.45, 7) is 5.21. The van der Waals surface area contributed by atoms with Crippen LogP contribution in [0.4, 0.5) is 0 Å². The van der Waals surface area contributed by atoms with Crippen LogP contribution in [0.25, 0.3) is 11.0 Å². The molecule has 0 aliphatic carbocycles. The Morgan fingerprint density at radius 2 is 1.88 bits per heavy atom. The van der Waals surface area contributed by atoms with Gasteiger partial charge in [-0.05, 0) is 25.0 Å². The van der Waals surface area contributed by atoms with Gasteiger partial charge in [0.25, 0.3) is 0 Å². The molecule has 0 saturated heterocycles. The van der Waals surface area contributed by atoms with Crippen molar-refractivity contribution in [3.63, 3.8) is 0 Å². The Morgan fingerprint density at radius 1 is 1.12 bits per heavy atom. The Labute approximate surface area is 142 Å². The quantitative estimate of drug-likeness (QED) is 0.691. The molecule has 130 valence electrons. The van der Waals surface area contributed by atoms with Gasteiger partial charge in [-0.2, -0.15) is 0 Å². The molecule has 1 aromatic carbocycles. The number of carbonyl (C=O) groups excluding carboxylic acids is 2. The molecule has 1 aromatic heterocycles. The second-order valence-corrected chi connectivity index (χ2v) is 5.89. The van der Waals surface area contributed by atoms with Gasteiger partial charge in [-0.3, -0.25) is 9.59 Å². The van der Waals surface area contributed by atoms with E-state index in [1.165, 1.54) is 6.92 Å². The van der Waals surface area contributed by atoms with E-state index in [0.717, 1.165) is 42.5 Å².